The summed E-state index contributed by atoms with van der Waals surface area (Å²) in [6.45, 7) is 0. The molecule has 5 aromatic rings. The molecule has 0 bridgehead atoms. The summed E-state index contributed by atoms with van der Waals surface area (Å²) in [4.78, 5) is 0. The highest BCUT2D eigenvalue weighted by Gasteiger charge is 2.35. The Kier molecular flexibility index (Phi) is 5.19. The molecule has 0 aromatic heterocycles. The molecule has 5 rings (SSSR count). The quantitative estimate of drug-likeness (QED) is 0.272. The summed E-state index contributed by atoms with van der Waals surface area (Å²) in [5.74, 6) is 0. The van der Waals surface area contributed by atoms with Gasteiger partial charge in [0.25, 0.3) is 0 Å². The molecule has 0 atom stereocenters. The zero-order chi connectivity index (χ0) is 21.3. The molecule has 5 aromatic carbocycles. The first-order valence-electron chi connectivity index (χ1n) is 10.3. The first-order valence-corrected chi connectivity index (χ1v) is 11.1. The molecule has 0 spiro atoms. The standard InChI is InChI=1S/C29H21BrO/c30-28-20-10-17-24-23(16-9-18-26(24)28)25-15-7-8-19-27(25)29(31,21-11-3-1-4-12-21)22-13-5-2-6-14-22/h1-20,31H. The van der Waals surface area contributed by atoms with E-state index in [0.29, 0.717) is 0 Å². The summed E-state index contributed by atoms with van der Waals surface area (Å²) in [6.07, 6.45) is 0. The van der Waals surface area contributed by atoms with Crippen molar-refractivity contribution >= 4 is 26.7 Å². The number of fused-ring (bicyclic) bond motifs is 1. The Morgan fingerprint density at radius 3 is 1.68 bits per heavy atom. The average molecular weight is 465 g/mol. The van der Waals surface area contributed by atoms with Gasteiger partial charge in [-0.1, -0.05) is 131 Å². The summed E-state index contributed by atoms with van der Waals surface area (Å²) in [5.41, 5.74) is 3.37. The highest BCUT2D eigenvalue weighted by Crippen LogP contribution is 2.43. The SMILES string of the molecule is OC(c1ccccc1)(c1ccccc1)c1ccccc1-c1cccc2c(Br)cccc12. The summed E-state index contributed by atoms with van der Waals surface area (Å²) in [5, 5.41) is 14.7. The normalized spacial score (nSPS) is 11.5. The third-order valence-electron chi connectivity index (χ3n) is 5.86. The van der Waals surface area contributed by atoms with Crippen LogP contribution in [0.4, 0.5) is 0 Å². The van der Waals surface area contributed by atoms with Gasteiger partial charge < -0.3 is 5.11 Å². The minimum atomic E-state index is -1.28. The van der Waals surface area contributed by atoms with Gasteiger partial charge in [-0.05, 0) is 39.1 Å². The Labute approximate surface area is 190 Å². The summed E-state index contributed by atoms with van der Waals surface area (Å²) < 4.78 is 1.06. The summed E-state index contributed by atoms with van der Waals surface area (Å²) in [6, 6.07) is 40.5. The molecule has 2 heteroatoms. The number of rotatable bonds is 4. The van der Waals surface area contributed by atoms with E-state index < -0.39 is 5.60 Å². The highest BCUT2D eigenvalue weighted by molar-refractivity contribution is 9.10. The maximum absolute atomic E-state index is 12.4. The molecule has 1 nitrogen and oxygen atoms in total. The lowest BCUT2D eigenvalue weighted by atomic mass is 9.77. The molecule has 31 heavy (non-hydrogen) atoms. The monoisotopic (exact) mass is 464 g/mol. The van der Waals surface area contributed by atoms with Gasteiger partial charge in [0.15, 0.2) is 0 Å². The summed E-state index contributed by atoms with van der Waals surface area (Å²) in [7, 11) is 0. The molecule has 0 heterocycles. The van der Waals surface area contributed by atoms with Gasteiger partial charge in [0.1, 0.15) is 5.60 Å². The Morgan fingerprint density at radius 2 is 1.00 bits per heavy atom. The number of aliphatic hydroxyl groups is 1. The predicted octanol–water partition coefficient (Wildman–Crippen LogP) is 7.55. The highest BCUT2D eigenvalue weighted by atomic mass is 79.9. The molecule has 0 saturated carbocycles. The molecular weight excluding hydrogens is 444 g/mol. The fourth-order valence-electron chi connectivity index (χ4n) is 4.38. The van der Waals surface area contributed by atoms with E-state index in [0.717, 1.165) is 43.1 Å². The van der Waals surface area contributed by atoms with Crippen molar-refractivity contribution in [1.82, 2.24) is 0 Å². The van der Waals surface area contributed by atoms with E-state index in [1.54, 1.807) is 0 Å². The van der Waals surface area contributed by atoms with E-state index in [4.69, 9.17) is 0 Å². The number of hydrogen-bond acceptors (Lipinski definition) is 1. The van der Waals surface area contributed by atoms with E-state index in [-0.39, 0.29) is 0 Å². The third kappa shape index (κ3) is 3.38. The molecule has 150 valence electrons. The molecule has 0 aliphatic rings. The lowest BCUT2D eigenvalue weighted by Crippen LogP contribution is -2.29. The molecule has 0 aliphatic heterocycles. The maximum atomic E-state index is 12.4. The van der Waals surface area contributed by atoms with Gasteiger partial charge in [-0.3, -0.25) is 0 Å². The minimum Gasteiger partial charge on any atom is -0.376 e. The Balaban J connectivity index is 1.84. The van der Waals surface area contributed by atoms with Gasteiger partial charge >= 0.3 is 0 Å². The molecule has 0 saturated heterocycles. The van der Waals surface area contributed by atoms with Crippen LogP contribution >= 0.6 is 15.9 Å². The largest absolute Gasteiger partial charge is 0.376 e. The Morgan fingerprint density at radius 1 is 0.484 bits per heavy atom. The van der Waals surface area contributed by atoms with Gasteiger partial charge in [0, 0.05) is 10.0 Å². The van der Waals surface area contributed by atoms with Gasteiger partial charge in [-0.15, -0.1) is 0 Å². The third-order valence-corrected chi connectivity index (χ3v) is 6.55. The Hall–Kier alpha value is -3.20. The minimum absolute atomic E-state index is 0.843. The van der Waals surface area contributed by atoms with Crippen molar-refractivity contribution in [2.45, 2.75) is 5.60 Å². The van der Waals surface area contributed by atoms with Crippen LogP contribution in [0.25, 0.3) is 21.9 Å². The maximum Gasteiger partial charge on any atom is 0.141 e. The smallest absolute Gasteiger partial charge is 0.141 e. The Bertz CT molecular complexity index is 1300. The fourth-order valence-corrected chi connectivity index (χ4v) is 4.87. The van der Waals surface area contributed by atoms with Crippen LogP contribution in [-0.4, -0.2) is 5.11 Å². The van der Waals surface area contributed by atoms with Crippen LogP contribution < -0.4 is 0 Å². The topological polar surface area (TPSA) is 20.2 Å². The van der Waals surface area contributed by atoms with Crippen molar-refractivity contribution in [3.8, 4) is 11.1 Å². The molecule has 0 amide bonds. The molecular formula is C29H21BrO. The van der Waals surface area contributed by atoms with Crippen molar-refractivity contribution in [2.24, 2.45) is 0 Å². The van der Waals surface area contributed by atoms with Gasteiger partial charge in [0.05, 0.1) is 0 Å². The summed E-state index contributed by atoms with van der Waals surface area (Å²) >= 11 is 3.69. The van der Waals surface area contributed by atoms with Crippen molar-refractivity contribution < 1.29 is 5.11 Å². The molecule has 0 radical (unpaired) electrons. The number of benzene rings is 5. The molecule has 0 unspecified atom stereocenters. The van der Waals surface area contributed by atoms with E-state index in [1.165, 1.54) is 0 Å². The number of hydrogen-bond donors (Lipinski definition) is 1. The molecule has 0 aliphatic carbocycles. The van der Waals surface area contributed by atoms with Crippen LogP contribution in [0.15, 0.2) is 126 Å². The van der Waals surface area contributed by atoms with Crippen molar-refractivity contribution in [3.63, 3.8) is 0 Å². The predicted molar refractivity (Wildman–Crippen MR) is 132 cm³/mol. The fraction of sp³-hybridized carbons (Fsp3) is 0.0345. The second-order valence-electron chi connectivity index (χ2n) is 7.63. The van der Waals surface area contributed by atoms with Crippen LogP contribution in [0.2, 0.25) is 0 Å². The van der Waals surface area contributed by atoms with Gasteiger partial charge in [-0.25, -0.2) is 0 Å². The van der Waals surface area contributed by atoms with E-state index in [1.807, 2.05) is 78.9 Å². The lowest BCUT2D eigenvalue weighted by Gasteiger charge is -2.32. The van der Waals surface area contributed by atoms with Crippen LogP contribution in [-0.2, 0) is 5.60 Å². The zero-order valence-corrected chi connectivity index (χ0v) is 18.5. The second-order valence-corrected chi connectivity index (χ2v) is 8.48. The number of halogens is 1. The van der Waals surface area contributed by atoms with E-state index >= 15 is 0 Å². The molecule has 1 N–H and O–H groups in total. The van der Waals surface area contributed by atoms with Gasteiger partial charge in [0.2, 0.25) is 0 Å². The van der Waals surface area contributed by atoms with Crippen LogP contribution in [0.3, 0.4) is 0 Å². The van der Waals surface area contributed by atoms with Crippen LogP contribution in [0.1, 0.15) is 16.7 Å². The zero-order valence-electron chi connectivity index (χ0n) is 16.9. The first-order chi connectivity index (χ1) is 15.2. The van der Waals surface area contributed by atoms with Crippen LogP contribution in [0, 0.1) is 0 Å². The van der Waals surface area contributed by atoms with Crippen molar-refractivity contribution in [3.05, 3.63) is 142 Å². The second kappa shape index (κ2) is 8.14. The van der Waals surface area contributed by atoms with Crippen molar-refractivity contribution in [1.29, 1.82) is 0 Å². The van der Waals surface area contributed by atoms with E-state index in [9.17, 15) is 5.11 Å². The molecule has 0 fully saturated rings. The van der Waals surface area contributed by atoms with Gasteiger partial charge in [-0.2, -0.15) is 0 Å². The first kappa shape index (κ1) is 19.7. The van der Waals surface area contributed by atoms with E-state index in [2.05, 4.69) is 58.4 Å². The van der Waals surface area contributed by atoms with Crippen LogP contribution in [0.5, 0.6) is 0 Å². The van der Waals surface area contributed by atoms with Crippen molar-refractivity contribution in [2.75, 3.05) is 0 Å². The lowest BCUT2D eigenvalue weighted by molar-refractivity contribution is 0.126. The average Bonchev–Trinajstić information content (AvgIpc) is 2.85.